The molecular formula is C23H28F3N5O4S. The standard InChI is InChI=1S/C23H28F3N5O4S/c1-3-15-13-16-14-27-21(29-19(16)31(20(15)32)18-5-4-8-22(18,2)33)28-17-6-10-30(11-7-17)36(34,35)12-9-23(24,25)26/h1,13-14,17-18,33H,4-12H2,2H3,(H,27,28,29)/t18-,22-/m1/s1. The van der Waals surface area contributed by atoms with Crippen LogP contribution in [0.2, 0.25) is 0 Å². The van der Waals surface area contributed by atoms with Crippen LogP contribution in [0.5, 0.6) is 0 Å². The Balaban J connectivity index is 1.54. The Bertz CT molecular complexity index is 1340. The number of pyridine rings is 1. The zero-order valence-corrected chi connectivity index (χ0v) is 20.6. The van der Waals surface area contributed by atoms with Crippen LogP contribution in [0.15, 0.2) is 17.1 Å². The first-order chi connectivity index (χ1) is 16.8. The third-order valence-electron chi connectivity index (χ3n) is 6.94. The lowest BCUT2D eigenvalue weighted by Gasteiger charge is -2.32. The van der Waals surface area contributed by atoms with Crippen LogP contribution in [0.25, 0.3) is 11.0 Å². The molecule has 2 aromatic rings. The molecule has 0 bridgehead atoms. The van der Waals surface area contributed by atoms with Gasteiger partial charge >= 0.3 is 6.18 Å². The fourth-order valence-corrected chi connectivity index (χ4v) is 6.47. The maximum absolute atomic E-state index is 13.1. The van der Waals surface area contributed by atoms with E-state index in [0.717, 1.165) is 10.7 Å². The van der Waals surface area contributed by atoms with Gasteiger partial charge < -0.3 is 10.4 Å². The van der Waals surface area contributed by atoms with Gasteiger partial charge in [-0.3, -0.25) is 9.36 Å². The fourth-order valence-electron chi connectivity index (χ4n) is 4.95. The highest BCUT2D eigenvalue weighted by atomic mass is 32.2. The molecule has 0 spiro atoms. The number of nitrogens with one attached hydrogen (secondary N) is 1. The van der Waals surface area contributed by atoms with Crippen molar-refractivity contribution in [2.45, 2.75) is 69.3 Å². The van der Waals surface area contributed by atoms with E-state index in [-0.39, 0.29) is 30.6 Å². The van der Waals surface area contributed by atoms with E-state index in [2.05, 4.69) is 21.2 Å². The Morgan fingerprint density at radius 1 is 1.31 bits per heavy atom. The van der Waals surface area contributed by atoms with Crippen LogP contribution in [0.1, 0.15) is 57.1 Å². The first-order valence-electron chi connectivity index (χ1n) is 11.7. The molecule has 0 unspecified atom stereocenters. The largest absolute Gasteiger partial charge is 0.390 e. The Labute approximate surface area is 206 Å². The molecule has 2 aliphatic rings. The van der Waals surface area contributed by atoms with E-state index in [1.54, 1.807) is 6.92 Å². The number of hydrogen-bond acceptors (Lipinski definition) is 7. The molecule has 2 fully saturated rings. The van der Waals surface area contributed by atoms with Gasteiger partial charge in [-0.15, -0.1) is 6.42 Å². The molecule has 1 saturated heterocycles. The quantitative estimate of drug-likeness (QED) is 0.554. The van der Waals surface area contributed by atoms with Crippen molar-refractivity contribution in [3.05, 3.63) is 28.2 Å². The molecule has 36 heavy (non-hydrogen) atoms. The molecule has 1 saturated carbocycles. The zero-order valence-electron chi connectivity index (χ0n) is 19.8. The van der Waals surface area contributed by atoms with E-state index < -0.39 is 45.6 Å². The fraction of sp³-hybridized carbons (Fsp3) is 0.609. The summed E-state index contributed by atoms with van der Waals surface area (Å²) in [5, 5.41) is 14.6. The highest BCUT2D eigenvalue weighted by molar-refractivity contribution is 7.89. The average Bonchev–Trinajstić information content (AvgIpc) is 3.16. The number of hydrogen-bond donors (Lipinski definition) is 2. The molecule has 9 nitrogen and oxygen atoms in total. The Kier molecular flexibility index (Phi) is 7.07. The number of nitrogens with zero attached hydrogens (tertiary/aromatic N) is 4. The molecule has 13 heteroatoms. The van der Waals surface area contributed by atoms with Crippen LogP contribution < -0.4 is 10.9 Å². The molecule has 2 aromatic heterocycles. The van der Waals surface area contributed by atoms with Gasteiger partial charge in [0.2, 0.25) is 16.0 Å². The lowest BCUT2D eigenvalue weighted by atomic mass is 9.99. The molecule has 2 N–H and O–H groups in total. The van der Waals surface area contributed by atoms with Gasteiger partial charge in [0, 0.05) is 30.7 Å². The monoisotopic (exact) mass is 527 g/mol. The number of rotatable bonds is 6. The number of piperidine rings is 1. The van der Waals surface area contributed by atoms with Gasteiger partial charge in [0.15, 0.2) is 0 Å². The normalized spacial score (nSPS) is 24.2. The van der Waals surface area contributed by atoms with Gasteiger partial charge in [-0.25, -0.2) is 17.7 Å². The van der Waals surface area contributed by atoms with E-state index >= 15 is 0 Å². The minimum absolute atomic E-state index is 0.0760. The van der Waals surface area contributed by atoms with Crippen molar-refractivity contribution in [3.63, 3.8) is 0 Å². The Morgan fingerprint density at radius 2 is 2.00 bits per heavy atom. The van der Waals surface area contributed by atoms with Crippen molar-refractivity contribution >= 4 is 27.0 Å². The van der Waals surface area contributed by atoms with Crippen LogP contribution >= 0.6 is 0 Å². The predicted molar refractivity (Wildman–Crippen MR) is 128 cm³/mol. The van der Waals surface area contributed by atoms with Gasteiger partial charge in [0.25, 0.3) is 5.56 Å². The van der Waals surface area contributed by atoms with E-state index in [1.807, 2.05) is 0 Å². The number of halogens is 3. The highest BCUT2D eigenvalue weighted by Gasteiger charge is 2.40. The summed E-state index contributed by atoms with van der Waals surface area (Å²) in [6, 6.07) is 0.816. The third kappa shape index (κ3) is 5.50. The molecule has 0 amide bonds. The number of terminal acetylenes is 1. The van der Waals surface area contributed by atoms with E-state index in [4.69, 9.17) is 6.42 Å². The highest BCUT2D eigenvalue weighted by Crippen LogP contribution is 2.39. The van der Waals surface area contributed by atoms with Crippen molar-refractivity contribution in [1.29, 1.82) is 0 Å². The number of aliphatic hydroxyl groups is 1. The van der Waals surface area contributed by atoms with Crippen LogP contribution in [0.3, 0.4) is 0 Å². The van der Waals surface area contributed by atoms with Gasteiger partial charge in [-0.1, -0.05) is 5.92 Å². The molecule has 196 valence electrons. The molecule has 0 aromatic carbocycles. The van der Waals surface area contributed by atoms with Crippen LogP contribution in [-0.4, -0.2) is 69.0 Å². The van der Waals surface area contributed by atoms with E-state index in [9.17, 15) is 31.5 Å². The van der Waals surface area contributed by atoms with Gasteiger partial charge in [-0.2, -0.15) is 18.2 Å². The van der Waals surface area contributed by atoms with Crippen molar-refractivity contribution < 1.29 is 26.7 Å². The first kappa shape index (κ1) is 26.4. The van der Waals surface area contributed by atoms with Gasteiger partial charge in [0.1, 0.15) is 5.65 Å². The summed E-state index contributed by atoms with van der Waals surface area (Å²) >= 11 is 0. The van der Waals surface area contributed by atoms with Crippen LogP contribution in [0.4, 0.5) is 19.1 Å². The Morgan fingerprint density at radius 3 is 2.58 bits per heavy atom. The predicted octanol–water partition coefficient (Wildman–Crippen LogP) is 2.41. The summed E-state index contributed by atoms with van der Waals surface area (Å²) in [6.45, 7) is 1.83. The topological polar surface area (TPSA) is 117 Å². The maximum Gasteiger partial charge on any atom is 0.390 e. The van der Waals surface area contributed by atoms with Crippen LogP contribution in [0, 0.1) is 12.3 Å². The Hall–Kier alpha value is -2.69. The second-order valence-corrected chi connectivity index (χ2v) is 11.7. The van der Waals surface area contributed by atoms with E-state index in [1.165, 1.54) is 16.8 Å². The van der Waals surface area contributed by atoms with E-state index in [0.29, 0.717) is 36.7 Å². The number of sulfonamides is 1. The smallest absolute Gasteiger partial charge is 0.388 e. The maximum atomic E-state index is 13.1. The molecule has 4 rings (SSSR count). The second kappa shape index (κ2) is 9.64. The summed E-state index contributed by atoms with van der Waals surface area (Å²) in [7, 11) is -4.00. The molecule has 0 radical (unpaired) electrons. The lowest BCUT2D eigenvalue weighted by Crippen LogP contribution is -2.43. The first-order valence-corrected chi connectivity index (χ1v) is 13.3. The van der Waals surface area contributed by atoms with Gasteiger partial charge in [0.05, 0.1) is 29.4 Å². The average molecular weight is 528 g/mol. The summed E-state index contributed by atoms with van der Waals surface area (Å²) in [5.74, 6) is 1.64. The zero-order chi connectivity index (χ0) is 26.3. The van der Waals surface area contributed by atoms with Crippen molar-refractivity contribution in [1.82, 2.24) is 18.8 Å². The molecule has 1 aliphatic heterocycles. The summed E-state index contributed by atoms with van der Waals surface area (Å²) in [4.78, 5) is 22.0. The second-order valence-electron chi connectivity index (χ2n) is 9.61. The number of fused-ring (bicyclic) bond motifs is 1. The lowest BCUT2D eigenvalue weighted by molar-refractivity contribution is -0.130. The molecule has 3 heterocycles. The van der Waals surface area contributed by atoms with Crippen molar-refractivity contribution in [2.75, 3.05) is 24.2 Å². The summed E-state index contributed by atoms with van der Waals surface area (Å²) in [5.41, 5.74) is -1.05. The number of aromatic nitrogens is 3. The molecular weight excluding hydrogens is 499 g/mol. The third-order valence-corrected chi connectivity index (χ3v) is 8.81. The summed E-state index contributed by atoms with van der Waals surface area (Å²) < 4.78 is 64.4. The van der Waals surface area contributed by atoms with Crippen molar-refractivity contribution in [3.8, 4) is 12.3 Å². The van der Waals surface area contributed by atoms with Gasteiger partial charge in [-0.05, 0) is 45.1 Å². The SMILES string of the molecule is C#Cc1cc2cnc(NC3CCN(S(=O)(=O)CCC(F)(F)F)CC3)nc2n([C@@H]2CCC[C@@]2(C)O)c1=O. The summed E-state index contributed by atoms with van der Waals surface area (Å²) in [6.07, 6.45) is 3.72. The molecule has 1 aliphatic carbocycles. The molecule has 2 atom stereocenters. The van der Waals surface area contributed by atoms with Crippen LogP contribution in [-0.2, 0) is 10.0 Å². The number of anilines is 1. The minimum atomic E-state index is -4.53. The van der Waals surface area contributed by atoms with Crippen molar-refractivity contribution in [2.24, 2.45) is 0 Å². The number of alkyl halides is 3. The minimum Gasteiger partial charge on any atom is -0.388 e.